The van der Waals surface area contributed by atoms with Crippen LogP contribution in [0.3, 0.4) is 0 Å². The van der Waals surface area contributed by atoms with E-state index in [1.54, 1.807) is 56.3 Å². The summed E-state index contributed by atoms with van der Waals surface area (Å²) in [5.74, 6) is 0.131. The van der Waals surface area contributed by atoms with Crippen LogP contribution in [0.4, 0.5) is 4.79 Å². The molecule has 0 unspecified atom stereocenters. The summed E-state index contributed by atoms with van der Waals surface area (Å²) in [4.78, 5) is 37.2. The molecule has 1 atom stereocenters. The molecule has 1 aliphatic heterocycles. The maximum atomic E-state index is 12.6. The van der Waals surface area contributed by atoms with Gasteiger partial charge in [-0.05, 0) is 98.8 Å². The third kappa shape index (κ3) is 8.99. The molecule has 14 heteroatoms. The van der Waals surface area contributed by atoms with E-state index in [9.17, 15) is 14.4 Å². The standard InChI is InChI=1S/C31H29Br2ClN4O7/c1-4-43-30(40)27-17(2)36-31(41)37-28(27)20-7-10-24(25(13-20)42-3)44-16-26(39)38-35-14-19-11-22(32)29(23(33)12-19)45-15-18-5-8-21(34)9-6-18/h5-14,28H,4,15-16H2,1-3H3,(H,38,39)(H2,36,37,41)/b35-14-/t28-/m0/s1. The molecular formula is C31H29Br2ClN4O7. The van der Waals surface area contributed by atoms with Crippen LogP contribution in [0.1, 0.15) is 36.6 Å². The number of nitrogens with one attached hydrogen (secondary N) is 3. The third-order valence-corrected chi connectivity index (χ3v) is 7.79. The Kier molecular flexibility index (Phi) is 11.9. The van der Waals surface area contributed by atoms with Crippen molar-refractivity contribution in [2.45, 2.75) is 26.5 Å². The van der Waals surface area contributed by atoms with Gasteiger partial charge in [0, 0.05) is 10.7 Å². The number of urea groups is 1. The highest BCUT2D eigenvalue weighted by Crippen LogP contribution is 2.36. The van der Waals surface area contributed by atoms with Crippen LogP contribution in [0.15, 0.2) is 79.9 Å². The number of carbonyl (C=O) groups is 3. The smallest absolute Gasteiger partial charge is 0.338 e. The lowest BCUT2D eigenvalue weighted by atomic mass is 9.95. The van der Waals surface area contributed by atoms with Gasteiger partial charge in [-0.1, -0.05) is 29.8 Å². The molecule has 0 fully saturated rings. The van der Waals surface area contributed by atoms with E-state index in [-0.39, 0.29) is 24.5 Å². The Balaban J connectivity index is 1.35. The van der Waals surface area contributed by atoms with E-state index < -0.39 is 23.9 Å². The summed E-state index contributed by atoms with van der Waals surface area (Å²) in [6.07, 6.45) is 1.48. The van der Waals surface area contributed by atoms with E-state index in [1.807, 2.05) is 12.1 Å². The van der Waals surface area contributed by atoms with Gasteiger partial charge in [-0.15, -0.1) is 0 Å². The first-order valence-corrected chi connectivity index (χ1v) is 15.5. The summed E-state index contributed by atoms with van der Waals surface area (Å²) < 4.78 is 23.6. The molecule has 3 amide bonds. The molecule has 45 heavy (non-hydrogen) atoms. The van der Waals surface area contributed by atoms with Gasteiger partial charge in [-0.3, -0.25) is 4.79 Å². The summed E-state index contributed by atoms with van der Waals surface area (Å²) >= 11 is 13.0. The largest absolute Gasteiger partial charge is 0.493 e. The van der Waals surface area contributed by atoms with E-state index >= 15 is 0 Å². The Morgan fingerprint density at radius 2 is 1.76 bits per heavy atom. The highest BCUT2D eigenvalue weighted by atomic mass is 79.9. The Morgan fingerprint density at radius 1 is 1.04 bits per heavy atom. The predicted octanol–water partition coefficient (Wildman–Crippen LogP) is 6.17. The number of benzene rings is 3. The molecule has 3 aromatic rings. The Morgan fingerprint density at radius 3 is 2.42 bits per heavy atom. The number of ether oxygens (including phenoxy) is 4. The number of rotatable bonds is 12. The molecule has 0 aliphatic carbocycles. The zero-order valence-corrected chi connectivity index (χ0v) is 28.3. The summed E-state index contributed by atoms with van der Waals surface area (Å²) in [6, 6.07) is 14.6. The molecule has 3 N–H and O–H groups in total. The van der Waals surface area contributed by atoms with Gasteiger partial charge >= 0.3 is 12.0 Å². The third-order valence-electron chi connectivity index (χ3n) is 6.36. The number of methoxy groups -OCH3 is 1. The molecule has 0 spiro atoms. The average molecular weight is 765 g/mol. The number of esters is 1. The molecular weight excluding hydrogens is 736 g/mol. The van der Waals surface area contributed by atoms with Crippen LogP contribution in [0.2, 0.25) is 5.02 Å². The van der Waals surface area contributed by atoms with E-state index in [2.05, 4.69) is 53.0 Å². The monoisotopic (exact) mass is 762 g/mol. The second kappa shape index (κ2) is 15.8. The van der Waals surface area contributed by atoms with E-state index in [0.29, 0.717) is 48.9 Å². The summed E-state index contributed by atoms with van der Waals surface area (Å²) in [7, 11) is 1.44. The molecule has 236 valence electrons. The molecule has 0 bridgehead atoms. The lowest BCUT2D eigenvalue weighted by Crippen LogP contribution is -2.45. The second-order valence-corrected chi connectivity index (χ2v) is 11.7. The van der Waals surface area contributed by atoms with Crippen molar-refractivity contribution in [2.75, 3.05) is 20.3 Å². The Hall–Kier alpha value is -4.07. The molecule has 1 aliphatic rings. The van der Waals surface area contributed by atoms with E-state index in [4.69, 9.17) is 30.5 Å². The predicted molar refractivity (Wildman–Crippen MR) is 176 cm³/mol. The maximum Gasteiger partial charge on any atom is 0.338 e. The minimum atomic E-state index is -0.775. The lowest BCUT2D eigenvalue weighted by Gasteiger charge is -2.28. The fourth-order valence-electron chi connectivity index (χ4n) is 4.29. The van der Waals surface area contributed by atoms with Crippen molar-refractivity contribution < 1.29 is 33.3 Å². The van der Waals surface area contributed by atoms with Crippen LogP contribution < -0.4 is 30.3 Å². The van der Waals surface area contributed by atoms with Gasteiger partial charge in [-0.25, -0.2) is 15.0 Å². The molecule has 0 saturated carbocycles. The molecule has 3 aromatic carbocycles. The summed E-state index contributed by atoms with van der Waals surface area (Å²) in [6.45, 7) is 3.51. The number of allylic oxidation sites excluding steroid dienone is 1. The number of carbonyl (C=O) groups excluding carboxylic acids is 3. The molecule has 0 aromatic heterocycles. The Bertz CT molecular complexity index is 1620. The van der Waals surface area contributed by atoms with Crippen molar-refractivity contribution in [2.24, 2.45) is 5.10 Å². The number of hydrazone groups is 1. The van der Waals surface area contributed by atoms with Crippen LogP contribution in [0.25, 0.3) is 0 Å². The topological polar surface area (TPSA) is 137 Å². The van der Waals surface area contributed by atoms with Crippen LogP contribution in [0.5, 0.6) is 17.2 Å². The van der Waals surface area contributed by atoms with Crippen molar-refractivity contribution in [1.29, 1.82) is 0 Å². The van der Waals surface area contributed by atoms with Gasteiger partial charge in [-0.2, -0.15) is 5.10 Å². The van der Waals surface area contributed by atoms with Crippen molar-refractivity contribution in [1.82, 2.24) is 16.1 Å². The second-order valence-electron chi connectivity index (χ2n) is 9.51. The first-order valence-electron chi connectivity index (χ1n) is 13.5. The molecule has 4 rings (SSSR count). The van der Waals surface area contributed by atoms with Crippen molar-refractivity contribution in [3.63, 3.8) is 0 Å². The van der Waals surface area contributed by atoms with Crippen LogP contribution >= 0.6 is 43.5 Å². The minimum absolute atomic E-state index is 0.181. The molecule has 0 radical (unpaired) electrons. The first-order chi connectivity index (χ1) is 21.6. The van der Waals surface area contributed by atoms with Crippen molar-refractivity contribution in [3.8, 4) is 17.2 Å². The quantitative estimate of drug-likeness (QED) is 0.114. The summed E-state index contributed by atoms with van der Waals surface area (Å²) in [5, 5.41) is 9.99. The number of amides is 3. The highest BCUT2D eigenvalue weighted by molar-refractivity contribution is 9.11. The van der Waals surface area contributed by atoms with Crippen LogP contribution in [-0.4, -0.2) is 44.4 Å². The van der Waals surface area contributed by atoms with Crippen LogP contribution in [0, 0.1) is 0 Å². The lowest BCUT2D eigenvalue weighted by molar-refractivity contribution is -0.139. The van der Waals surface area contributed by atoms with E-state index in [0.717, 1.165) is 5.56 Å². The molecule has 11 nitrogen and oxygen atoms in total. The zero-order valence-electron chi connectivity index (χ0n) is 24.4. The normalized spacial score (nSPS) is 14.4. The first kappa shape index (κ1) is 33.8. The number of halogens is 3. The molecule has 0 saturated heterocycles. The van der Waals surface area contributed by atoms with Gasteiger partial charge in [0.1, 0.15) is 12.4 Å². The fourth-order valence-corrected chi connectivity index (χ4v) is 5.87. The SMILES string of the molecule is CCOC(=O)C1=C(C)NC(=O)N[C@H]1c1ccc(OCC(=O)N/N=C\c2cc(Br)c(OCc3ccc(Cl)cc3)c(Br)c2)c(OC)c1. The minimum Gasteiger partial charge on any atom is -0.493 e. The maximum absolute atomic E-state index is 12.6. The van der Waals surface area contributed by atoms with Crippen LogP contribution in [-0.2, 0) is 20.9 Å². The van der Waals surface area contributed by atoms with E-state index in [1.165, 1.54) is 13.3 Å². The number of hydrogen-bond donors (Lipinski definition) is 3. The molecule has 1 heterocycles. The Labute approximate surface area is 281 Å². The van der Waals surface area contributed by atoms with Gasteiger partial charge in [0.05, 0.1) is 40.5 Å². The number of hydrogen-bond acceptors (Lipinski definition) is 8. The van der Waals surface area contributed by atoms with Gasteiger partial charge < -0.3 is 29.6 Å². The van der Waals surface area contributed by atoms with Crippen molar-refractivity contribution >= 4 is 67.6 Å². The van der Waals surface area contributed by atoms with Gasteiger partial charge in [0.2, 0.25) is 0 Å². The average Bonchev–Trinajstić information content (AvgIpc) is 3.00. The summed E-state index contributed by atoms with van der Waals surface area (Å²) in [5.41, 5.74) is 5.30. The van der Waals surface area contributed by atoms with Gasteiger partial charge in [0.15, 0.2) is 18.1 Å². The van der Waals surface area contributed by atoms with Crippen molar-refractivity contribution in [3.05, 3.63) is 96.5 Å². The fraction of sp³-hybridized carbons (Fsp3) is 0.226. The highest BCUT2D eigenvalue weighted by Gasteiger charge is 2.32. The zero-order chi connectivity index (χ0) is 32.5. The number of nitrogens with zero attached hydrogens (tertiary/aromatic N) is 1. The van der Waals surface area contributed by atoms with Gasteiger partial charge in [0.25, 0.3) is 5.91 Å².